The molecule has 39 heavy (non-hydrogen) atoms. The Kier molecular flexibility index (Phi) is 12.0. The molecule has 0 amide bonds. The highest BCUT2D eigenvalue weighted by Gasteiger charge is 2.35. The largest absolute Gasteiger partial charge is 0.509 e. The smallest absolute Gasteiger partial charge is 0.481 e. The average Bonchev–Trinajstić information content (AvgIpc) is 3.45. The van der Waals surface area contributed by atoms with Gasteiger partial charge in [-0.05, 0) is 44.2 Å². The summed E-state index contributed by atoms with van der Waals surface area (Å²) in [6.07, 6.45) is -2.07. The van der Waals surface area contributed by atoms with E-state index in [1.165, 1.54) is 6.33 Å². The first-order valence-electron chi connectivity index (χ1n) is 11.7. The van der Waals surface area contributed by atoms with E-state index in [9.17, 15) is 23.2 Å². The number of alkyl halides is 2. The van der Waals surface area contributed by atoms with Crippen molar-refractivity contribution in [2.24, 2.45) is 5.41 Å². The van der Waals surface area contributed by atoms with E-state index in [0.717, 1.165) is 19.5 Å². The van der Waals surface area contributed by atoms with Gasteiger partial charge < -0.3 is 30.2 Å². The van der Waals surface area contributed by atoms with Gasteiger partial charge in [-0.1, -0.05) is 13.8 Å². The third-order valence-corrected chi connectivity index (χ3v) is 5.47. The van der Waals surface area contributed by atoms with E-state index < -0.39 is 35.5 Å². The van der Waals surface area contributed by atoms with Crippen LogP contribution in [-0.2, 0) is 23.8 Å². The monoisotopic (exact) mass is 557 g/mol. The van der Waals surface area contributed by atoms with Crippen LogP contribution < -0.4 is 5.73 Å². The molecule has 13 nitrogen and oxygen atoms in total. The Hall–Kier alpha value is -4.06. The lowest BCUT2D eigenvalue weighted by atomic mass is 9.86. The minimum atomic E-state index is -2.81. The second kappa shape index (κ2) is 14.2. The highest BCUT2D eigenvalue weighted by Crippen LogP contribution is 2.34. The minimum absolute atomic E-state index is 0.0743. The Balaban J connectivity index is 0.000000495. The van der Waals surface area contributed by atoms with Crippen LogP contribution in [-0.4, -0.2) is 67.6 Å². The zero-order valence-electron chi connectivity index (χ0n) is 22.0. The topological polar surface area (TPSA) is 199 Å². The van der Waals surface area contributed by atoms with E-state index in [-0.39, 0.29) is 31.7 Å². The number of rotatable bonds is 9. The van der Waals surface area contributed by atoms with Crippen molar-refractivity contribution in [2.45, 2.75) is 77.6 Å². The van der Waals surface area contributed by atoms with Crippen LogP contribution in [0.4, 0.5) is 19.4 Å². The number of carbonyl (C=O) groups excluding carboxylic acids is 1. The van der Waals surface area contributed by atoms with Gasteiger partial charge >= 0.3 is 18.1 Å². The van der Waals surface area contributed by atoms with Gasteiger partial charge in [-0.2, -0.15) is 5.10 Å². The first-order chi connectivity index (χ1) is 18.1. The molecule has 3 heterocycles. The summed E-state index contributed by atoms with van der Waals surface area (Å²) in [6, 6.07) is 3.66. The predicted molar refractivity (Wildman–Crippen MR) is 132 cm³/mol. The van der Waals surface area contributed by atoms with Gasteiger partial charge in [-0.15, -0.1) is 0 Å². The van der Waals surface area contributed by atoms with Gasteiger partial charge in [0.05, 0.1) is 24.6 Å². The molecule has 2 unspecified atom stereocenters. The van der Waals surface area contributed by atoms with Crippen LogP contribution in [0, 0.1) is 17.2 Å². The van der Waals surface area contributed by atoms with Crippen molar-refractivity contribution in [1.29, 1.82) is 5.26 Å². The number of nitrogens with zero attached hydrogens (tertiary/aromatic N) is 4. The lowest BCUT2D eigenvalue weighted by molar-refractivity contribution is -0.142. The zero-order valence-corrected chi connectivity index (χ0v) is 22.0. The second-order valence-electron chi connectivity index (χ2n) is 9.90. The fourth-order valence-electron chi connectivity index (χ4n) is 3.59. The lowest BCUT2D eigenvalue weighted by Gasteiger charge is -2.23. The molecule has 2 atom stereocenters. The van der Waals surface area contributed by atoms with Gasteiger partial charge in [0.15, 0.2) is 11.4 Å². The Morgan fingerprint density at radius 3 is 2.31 bits per heavy atom. The van der Waals surface area contributed by atoms with Crippen molar-refractivity contribution in [1.82, 2.24) is 14.6 Å². The number of ether oxygens (including phenoxy) is 3. The molecule has 2 aromatic rings. The summed E-state index contributed by atoms with van der Waals surface area (Å²) in [5.41, 5.74) is 4.75. The second-order valence-corrected chi connectivity index (χ2v) is 9.90. The SMILES string of the molecule is C#N.CC(C)(CC(=O)O)CC(=O)O.CC(C)(OC(=O)OCC1CCC(c2ccc3c(N)ncnn23)O1)C(F)F. The van der Waals surface area contributed by atoms with Crippen LogP contribution >= 0.6 is 0 Å². The number of hydrogen-bond donors (Lipinski definition) is 3. The maximum atomic E-state index is 12.7. The fourth-order valence-corrected chi connectivity index (χ4v) is 3.59. The van der Waals surface area contributed by atoms with Crippen molar-refractivity contribution < 1.29 is 47.6 Å². The summed E-state index contributed by atoms with van der Waals surface area (Å²) in [5.74, 6) is -1.55. The molecule has 1 fully saturated rings. The van der Waals surface area contributed by atoms with Crippen LogP contribution in [0.25, 0.3) is 5.52 Å². The number of carboxylic acids is 2. The van der Waals surface area contributed by atoms with E-state index in [0.29, 0.717) is 24.2 Å². The zero-order chi connectivity index (χ0) is 30.0. The molecule has 0 aliphatic carbocycles. The number of nitrogen functional groups attached to an aromatic ring is 1. The molecule has 216 valence electrons. The number of fused-ring (bicyclic) bond motifs is 1. The lowest BCUT2D eigenvalue weighted by Crippen LogP contribution is -2.36. The number of nitriles is 1. The van der Waals surface area contributed by atoms with Gasteiger partial charge in [-0.25, -0.2) is 28.3 Å². The van der Waals surface area contributed by atoms with Crippen molar-refractivity contribution in [2.75, 3.05) is 12.3 Å². The van der Waals surface area contributed by atoms with E-state index in [4.69, 9.17) is 30.7 Å². The van der Waals surface area contributed by atoms with Crippen molar-refractivity contribution in [3.63, 3.8) is 0 Å². The molecule has 15 heteroatoms. The van der Waals surface area contributed by atoms with Crippen LogP contribution in [0.1, 0.15) is 65.2 Å². The first-order valence-corrected chi connectivity index (χ1v) is 11.7. The number of carboxylic acid groups (broad SMARTS) is 2. The third kappa shape index (κ3) is 10.3. The van der Waals surface area contributed by atoms with Gasteiger partial charge in [-0.3, -0.25) is 9.59 Å². The first kappa shape index (κ1) is 33.0. The van der Waals surface area contributed by atoms with E-state index in [2.05, 4.69) is 21.4 Å². The maximum Gasteiger partial charge on any atom is 0.509 e. The summed E-state index contributed by atoms with van der Waals surface area (Å²) in [6.45, 7) is 8.90. The molecule has 0 aromatic carbocycles. The molecule has 1 saturated heterocycles. The minimum Gasteiger partial charge on any atom is -0.481 e. The molecule has 4 N–H and O–H groups in total. The van der Waals surface area contributed by atoms with E-state index in [1.54, 1.807) is 18.4 Å². The Bertz CT molecular complexity index is 1130. The van der Waals surface area contributed by atoms with Crippen molar-refractivity contribution in [3.8, 4) is 6.57 Å². The Labute approximate surface area is 223 Å². The number of nitrogens with two attached hydrogens (primary N) is 1. The number of halogens is 2. The molecule has 0 spiro atoms. The molecule has 3 rings (SSSR count). The molecule has 1 aliphatic rings. The van der Waals surface area contributed by atoms with Crippen molar-refractivity contribution in [3.05, 3.63) is 24.2 Å². The Morgan fingerprint density at radius 1 is 1.18 bits per heavy atom. The van der Waals surface area contributed by atoms with E-state index in [1.807, 2.05) is 12.1 Å². The fraction of sp³-hybridized carbons (Fsp3) is 0.583. The summed E-state index contributed by atoms with van der Waals surface area (Å²) in [4.78, 5) is 35.9. The number of anilines is 1. The summed E-state index contributed by atoms with van der Waals surface area (Å²) < 4.78 is 42.5. The van der Waals surface area contributed by atoms with Crippen molar-refractivity contribution >= 4 is 29.4 Å². The van der Waals surface area contributed by atoms with Gasteiger partial charge in [0.25, 0.3) is 6.43 Å². The number of carbonyl (C=O) groups is 3. The molecule has 0 saturated carbocycles. The van der Waals surface area contributed by atoms with Crippen LogP contribution in [0.5, 0.6) is 0 Å². The average molecular weight is 558 g/mol. The van der Waals surface area contributed by atoms with Crippen LogP contribution in [0.15, 0.2) is 18.5 Å². The molecular formula is C24H33F2N5O8. The normalized spacial score (nSPS) is 16.9. The van der Waals surface area contributed by atoms with Gasteiger partial charge in [0.2, 0.25) is 0 Å². The highest BCUT2D eigenvalue weighted by molar-refractivity contribution is 5.71. The third-order valence-electron chi connectivity index (χ3n) is 5.47. The quantitative estimate of drug-likeness (QED) is 0.377. The van der Waals surface area contributed by atoms with Gasteiger partial charge in [0, 0.05) is 6.57 Å². The predicted octanol–water partition coefficient (Wildman–Crippen LogP) is 3.83. The maximum absolute atomic E-state index is 12.7. The van der Waals surface area contributed by atoms with Crippen LogP contribution in [0.2, 0.25) is 0 Å². The molecule has 1 aliphatic heterocycles. The van der Waals surface area contributed by atoms with E-state index >= 15 is 0 Å². The Morgan fingerprint density at radius 2 is 1.77 bits per heavy atom. The van der Waals surface area contributed by atoms with Crippen LogP contribution in [0.3, 0.4) is 0 Å². The molecule has 2 aromatic heterocycles. The standard InChI is InChI=1S/C16H20F2N4O4.C7H12O4.CHN/c1-16(2,14(17)18)26-15(23)24-7-9-3-6-12(25-9)10-4-5-11-13(19)20-8-21-22(10)11;1-7(2,3-5(8)9)4-6(10)11;1-2/h4-5,8-9,12,14H,3,6-7H2,1-2H3,(H2,19,20,21);3-4H2,1-2H3,(H,8,9)(H,10,11);1H. The summed E-state index contributed by atoms with van der Waals surface area (Å²) in [7, 11) is 0. The molecular weight excluding hydrogens is 524 g/mol. The van der Waals surface area contributed by atoms with Gasteiger partial charge in [0.1, 0.15) is 24.6 Å². The summed E-state index contributed by atoms with van der Waals surface area (Å²) >= 11 is 0. The highest BCUT2D eigenvalue weighted by atomic mass is 19.3. The molecule has 0 radical (unpaired) electrons. The number of aliphatic carboxylic acids is 2. The number of aromatic nitrogens is 3. The molecule has 0 bridgehead atoms. The summed E-state index contributed by atoms with van der Waals surface area (Å²) in [5, 5.41) is 27.4. The number of hydrogen-bond acceptors (Lipinski definition) is 10.